The van der Waals surface area contributed by atoms with Crippen LogP contribution in [0.3, 0.4) is 0 Å². The fourth-order valence-corrected chi connectivity index (χ4v) is 3.65. The van der Waals surface area contributed by atoms with Crippen molar-refractivity contribution in [1.29, 1.82) is 0 Å². The van der Waals surface area contributed by atoms with Gasteiger partial charge in [0.2, 0.25) is 5.91 Å². The van der Waals surface area contributed by atoms with Gasteiger partial charge >= 0.3 is 0 Å². The van der Waals surface area contributed by atoms with Gasteiger partial charge in [-0.25, -0.2) is 0 Å². The molecule has 2 heterocycles. The molecule has 7 nitrogen and oxygen atoms in total. The summed E-state index contributed by atoms with van der Waals surface area (Å²) in [4.78, 5) is 41.2. The Bertz CT molecular complexity index is 937. The normalized spacial score (nSPS) is 16.8. The third kappa shape index (κ3) is 4.14. The molecule has 3 amide bonds. The zero-order valence-corrected chi connectivity index (χ0v) is 16.1. The second kappa shape index (κ2) is 8.45. The summed E-state index contributed by atoms with van der Waals surface area (Å²) in [7, 11) is 0. The third-order valence-corrected chi connectivity index (χ3v) is 5.20. The van der Waals surface area contributed by atoms with Gasteiger partial charge in [-0.05, 0) is 36.8 Å². The summed E-state index contributed by atoms with van der Waals surface area (Å²) >= 11 is 0. The number of nitrogens with one attached hydrogen (secondary N) is 1. The van der Waals surface area contributed by atoms with E-state index in [4.69, 9.17) is 4.74 Å². The lowest BCUT2D eigenvalue weighted by Gasteiger charge is -2.27. The highest BCUT2D eigenvalue weighted by atomic mass is 16.5. The van der Waals surface area contributed by atoms with Crippen molar-refractivity contribution < 1.29 is 19.1 Å². The molecule has 0 bridgehead atoms. The van der Waals surface area contributed by atoms with Crippen molar-refractivity contribution in [1.82, 2.24) is 4.90 Å². The summed E-state index contributed by atoms with van der Waals surface area (Å²) in [6.45, 7) is 2.77. The summed E-state index contributed by atoms with van der Waals surface area (Å²) in [6, 6.07) is 14.0. The van der Waals surface area contributed by atoms with E-state index < -0.39 is 0 Å². The second-order valence-electron chi connectivity index (χ2n) is 7.10. The number of carbonyl (C=O) groups is 3. The predicted molar refractivity (Wildman–Crippen MR) is 109 cm³/mol. The van der Waals surface area contributed by atoms with E-state index in [1.54, 1.807) is 52.3 Å². The van der Waals surface area contributed by atoms with E-state index in [0.717, 1.165) is 12.1 Å². The van der Waals surface area contributed by atoms with Crippen LogP contribution in [0.2, 0.25) is 0 Å². The number of hydrogen-bond donors (Lipinski definition) is 1. The highest BCUT2D eigenvalue weighted by Crippen LogP contribution is 2.24. The van der Waals surface area contributed by atoms with Crippen molar-refractivity contribution in [3.63, 3.8) is 0 Å². The molecule has 0 radical (unpaired) electrons. The lowest BCUT2D eigenvalue weighted by molar-refractivity contribution is -0.117. The zero-order valence-electron chi connectivity index (χ0n) is 16.1. The van der Waals surface area contributed by atoms with Crippen LogP contribution in [0, 0.1) is 0 Å². The highest BCUT2D eigenvalue weighted by molar-refractivity contribution is 6.09. The van der Waals surface area contributed by atoms with Gasteiger partial charge in [0.05, 0.1) is 24.5 Å². The van der Waals surface area contributed by atoms with Gasteiger partial charge in [0.1, 0.15) is 0 Å². The van der Waals surface area contributed by atoms with Crippen LogP contribution in [0.4, 0.5) is 11.4 Å². The van der Waals surface area contributed by atoms with Crippen LogP contribution in [-0.2, 0) is 9.53 Å². The summed E-state index contributed by atoms with van der Waals surface area (Å²) in [5.74, 6) is -0.370. The van der Waals surface area contributed by atoms with Crippen molar-refractivity contribution >= 4 is 29.1 Å². The number of benzene rings is 2. The maximum atomic E-state index is 12.9. The van der Waals surface area contributed by atoms with Gasteiger partial charge in [-0.2, -0.15) is 0 Å². The number of rotatable bonds is 4. The Morgan fingerprint density at radius 3 is 2.52 bits per heavy atom. The van der Waals surface area contributed by atoms with E-state index in [2.05, 4.69) is 5.32 Å². The van der Waals surface area contributed by atoms with E-state index in [1.165, 1.54) is 0 Å². The highest BCUT2D eigenvalue weighted by Gasteiger charge is 2.24. The number of hydrogen-bond acceptors (Lipinski definition) is 4. The Morgan fingerprint density at radius 1 is 0.966 bits per heavy atom. The molecule has 0 spiro atoms. The quantitative estimate of drug-likeness (QED) is 0.866. The van der Waals surface area contributed by atoms with Gasteiger partial charge in [-0.1, -0.05) is 18.2 Å². The van der Waals surface area contributed by atoms with Crippen molar-refractivity contribution in [2.24, 2.45) is 0 Å². The smallest absolute Gasteiger partial charge is 0.256 e. The van der Waals surface area contributed by atoms with E-state index in [9.17, 15) is 14.4 Å². The Morgan fingerprint density at radius 2 is 1.76 bits per heavy atom. The maximum Gasteiger partial charge on any atom is 0.256 e. The fraction of sp³-hybridized carbons (Fsp3) is 0.318. The van der Waals surface area contributed by atoms with Crippen LogP contribution in [0.15, 0.2) is 48.5 Å². The molecular formula is C22H23N3O4. The molecule has 4 rings (SSSR count). The van der Waals surface area contributed by atoms with Gasteiger partial charge in [-0.3, -0.25) is 14.4 Å². The van der Waals surface area contributed by atoms with E-state index in [1.807, 2.05) is 6.07 Å². The average Bonchev–Trinajstić information content (AvgIpc) is 3.20. The molecule has 0 aliphatic carbocycles. The van der Waals surface area contributed by atoms with Crippen LogP contribution in [0.1, 0.15) is 33.6 Å². The molecule has 150 valence electrons. The molecule has 2 aliphatic rings. The maximum absolute atomic E-state index is 12.9. The van der Waals surface area contributed by atoms with Crippen molar-refractivity contribution in [2.45, 2.75) is 12.8 Å². The van der Waals surface area contributed by atoms with Crippen LogP contribution in [0.5, 0.6) is 0 Å². The SMILES string of the molecule is O=C(Nc1ccccc1C(=O)N1CCOCC1)c1cccc(N2CCCC2=O)c1. The number of morpholine rings is 1. The first-order valence-corrected chi connectivity index (χ1v) is 9.81. The zero-order chi connectivity index (χ0) is 20.2. The van der Waals surface area contributed by atoms with Gasteiger partial charge in [0.15, 0.2) is 0 Å². The third-order valence-electron chi connectivity index (χ3n) is 5.20. The summed E-state index contributed by atoms with van der Waals surface area (Å²) in [5, 5.41) is 2.85. The predicted octanol–water partition coefficient (Wildman–Crippen LogP) is 2.54. The molecule has 2 aromatic rings. The molecule has 0 atom stereocenters. The first-order chi connectivity index (χ1) is 14.1. The summed E-state index contributed by atoms with van der Waals surface area (Å²) < 4.78 is 5.31. The lowest BCUT2D eigenvalue weighted by Crippen LogP contribution is -2.41. The standard InChI is InChI=1S/C22H23N3O4/c26-20-9-4-10-25(20)17-6-3-5-16(15-17)21(27)23-19-8-2-1-7-18(19)22(28)24-11-13-29-14-12-24/h1-3,5-8,15H,4,9-14H2,(H,23,27). The molecule has 29 heavy (non-hydrogen) atoms. The van der Waals surface area contributed by atoms with Gasteiger partial charge in [-0.15, -0.1) is 0 Å². The Hall–Kier alpha value is -3.19. The van der Waals surface area contributed by atoms with Crippen LogP contribution in [-0.4, -0.2) is 55.5 Å². The number of para-hydroxylation sites is 1. The molecule has 2 fully saturated rings. The molecular weight excluding hydrogens is 370 g/mol. The molecule has 0 aromatic heterocycles. The largest absolute Gasteiger partial charge is 0.378 e. The minimum absolute atomic E-state index is 0.0732. The molecule has 0 unspecified atom stereocenters. The molecule has 2 saturated heterocycles. The Kier molecular flexibility index (Phi) is 5.57. The van der Waals surface area contributed by atoms with Crippen LogP contribution in [0.25, 0.3) is 0 Å². The van der Waals surface area contributed by atoms with Crippen LogP contribution < -0.4 is 10.2 Å². The van der Waals surface area contributed by atoms with Gasteiger partial charge in [0, 0.05) is 37.3 Å². The lowest BCUT2D eigenvalue weighted by atomic mass is 10.1. The minimum atomic E-state index is -0.319. The van der Waals surface area contributed by atoms with E-state index in [-0.39, 0.29) is 17.7 Å². The Balaban J connectivity index is 1.53. The number of amides is 3. The summed E-state index contributed by atoms with van der Waals surface area (Å²) in [6.07, 6.45) is 1.36. The van der Waals surface area contributed by atoms with Crippen molar-refractivity contribution in [3.8, 4) is 0 Å². The van der Waals surface area contributed by atoms with E-state index >= 15 is 0 Å². The molecule has 1 N–H and O–H groups in total. The van der Waals surface area contributed by atoms with Crippen molar-refractivity contribution in [2.75, 3.05) is 43.1 Å². The number of ether oxygens (including phenoxy) is 1. The number of nitrogens with zero attached hydrogens (tertiary/aromatic N) is 2. The number of anilines is 2. The van der Waals surface area contributed by atoms with E-state index in [0.29, 0.717) is 56.1 Å². The Labute approximate surface area is 169 Å². The first-order valence-electron chi connectivity index (χ1n) is 9.81. The molecule has 7 heteroatoms. The average molecular weight is 393 g/mol. The second-order valence-corrected chi connectivity index (χ2v) is 7.10. The van der Waals surface area contributed by atoms with Crippen LogP contribution >= 0.6 is 0 Å². The molecule has 0 saturated carbocycles. The number of carbonyl (C=O) groups excluding carboxylic acids is 3. The summed E-state index contributed by atoms with van der Waals surface area (Å²) in [5.41, 5.74) is 2.08. The topological polar surface area (TPSA) is 79.0 Å². The minimum Gasteiger partial charge on any atom is -0.378 e. The van der Waals surface area contributed by atoms with Gasteiger partial charge < -0.3 is 19.9 Å². The fourth-order valence-electron chi connectivity index (χ4n) is 3.65. The molecule has 2 aliphatic heterocycles. The molecule has 2 aromatic carbocycles. The van der Waals surface area contributed by atoms with Crippen molar-refractivity contribution in [3.05, 3.63) is 59.7 Å². The first kappa shape index (κ1) is 19.1. The monoisotopic (exact) mass is 393 g/mol. The van der Waals surface area contributed by atoms with Gasteiger partial charge in [0.25, 0.3) is 11.8 Å².